The number of aryl methyl sites for hydroxylation is 1. The number of hydrogen-bond acceptors (Lipinski definition) is 22. The van der Waals surface area contributed by atoms with Crippen LogP contribution in [-0.2, 0) is 67.3 Å². The molecule has 0 saturated carbocycles. The number of carboxylic acids is 3. The molecule has 5 rings (SSSR count). The second-order valence-corrected chi connectivity index (χ2v) is 19.2. The molecule has 1 fully saturated rings. The Morgan fingerprint density at radius 1 is 0.756 bits per heavy atom. The van der Waals surface area contributed by atoms with E-state index in [9.17, 15) is 63.3 Å². The van der Waals surface area contributed by atoms with Gasteiger partial charge < -0.3 is 50.5 Å². The van der Waals surface area contributed by atoms with E-state index in [0.29, 0.717) is 56.8 Å². The molecule has 3 aromatic heterocycles. The molecular formula is C50H69N17O15. The number of esters is 2. The first-order chi connectivity index (χ1) is 39.2. The number of carbonyl (C=O) groups excluding carboxylic acids is 6. The maximum absolute atomic E-state index is 13.4. The number of aliphatic carboxylic acids is 3. The number of unbranched alkanes of at least 4 members (excludes halogenated alkanes) is 1. The molecule has 0 spiro atoms. The third-order valence-corrected chi connectivity index (χ3v) is 12.6. The molecule has 1 aliphatic heterocycles. The van der Waals surface area contributed by atoms with Crippen molar-refractivity contribution in [1.29, 1.82) is 0 Å². The van der Waals surface area contributed by atoms with Crippen LogP contribution in [0.3, 0.4) is 0 Å². The summed E-state index contributed by atoms with van der Waals surface area (Å²) < 4.78 is 11.3. The number of carboxylic acid groups (broad SMARTS) is 3. The van der Waals surface area contributed by atoms with E-state index in [4.69, 9.17) is 9.47 Å². The van der Waals surface area contributed by atoms with Gasteiger partial charge in [-0.2, -0.15) is 4.98 Å². The lowest BCUT2D eigenvalue weighted by Crippen LogP contribution is -2.49. The highest BCUT2D eigenvalue weighted by Crippen LogP contribution is 2.18. The Hall–Kier alpha value is -8.88. The number of amides is 4. The van der Waals surface area contributed by atoms with Gasteiger partial charge in [0.15, 0.2) is 11.2 Å². The highest BCUT2D eigenvalue weighted by molar-refractivity contribution is 5.97. The van der Waals surface area contributed by atoms with E-state index < -0.39 is 59.3 Å². The number of aromatic amines is 1. The molecule has 4 heterocycles. The molecule has 2 unspecified atom stereocenters. The number of hydrogen-bond donors (Lipinski definition) is 7. The van der Waals surface area contributed by atoms with Crippen LogP contribution in [0.4, 0.5) is 11.6 Å². The highest BCUT2D eigenvalue weighted by atomic mass is 16.5. The summed E-state index contributed by atoms with van der Waals surface area (Å²) in [6.45, 7) is 1.85. The zero-order valence-electron chi connectivity index (χ0n) is 46.0. The van der Waals surface area contributed by atoms with Crippen LogP contribution in [0, 0.1) is 0 Å². The minimum absolute atomic E-state index is 0.0329. The summed E-state index contributed by atoms with van der Waals surface area (Å²) >= 11 is 0. The molecule has 32 nitrogen and oxygen atoms in total. The maximum atomic E-state index is 13.4. The fourth-order valence-electron chi connectivity index (χ4n) is 8.35. The Labute approximate surface area is 469 Å². The number of fused-ring (bicyclic) bond motifs is 1. The fraction of sp³-hybridized carbons (Fsp3) is 0.520. The number of anilines is 1. The van der Waals surface area contributed by atoms with Crippen LogP contribution in [0.2, 0.25) is 0 Å². The Bertz CT molecular complexity index is 2910. The van der Waals surface area contributed by atoms with Gasteiger partial charge in [-0.25, -0.2) is 24.5 Å². The second-order valence-electron chi connectivity index (χ2n) is 19.2. The molecule has 0 radical (unpaired) electrons. The van der Waals surface area contributed by atoms with Crippen LogP contribution in [0.1, 0.15) is 47.4 Å². The molecule has 0 aliphatic carbocycles. The summed E-state index contributed by atoms with van der Waals surface area (Å²) in [5.41, 5.74) is 0.480. The Morgan fingerprint density at radius 2 is 1.33 bits per heavy atom. The minimum atomic E-state index is -1.29. The van der Waals surface area contributed by atoms with Crippen LogP contribution >= 0.6 is 0 Å². The first-order valence-corrected chi connectivity index (χ1v) is 26.0. The number of rotatable bonds is 29. The van der Waals surface area contributed by atoms with E-state index in [1.54, 1.807) is 39.9 Å². The van der Waals surface area contributed by atoms with Gasteiger partial charge in [-0.3, -0.25) is 67.6 Å². The molecule has 1 saturated heterocycles. The fourth-order valence-corrected chi connectivity index (χ4v) is 8.35. The number of aromatic nitrogens is 7. The SMILES string of the molecule is COC(=O)C(Cc1cn(CCCCNC(=O)CN2CCN(CC(=O)O)CCN(CC(=O)O)CCN(CC(=O)O)CC2)nn1)NC(=O)CCC(NC(=O)c1ccc(N(C=O)Cc2cnc3nc(N=CN(C)C)[nH]c(=O)c3n2)cc1)C(=O)OC. The predicted molar refractivity (Wildman–Crippen MR) is 290 cm³/mol. The van der Waals surface area contributed by atoms with Crippen LogP contribution in [0.5, 0.6) is 0 Å². The zero-order chi connectivity index (χ0) is 59.7. The Morgan fingerprint density at radius 3 is 1.88 bits per heavy atom. The number of H-pyrrole nitrogens is 1. The lowest BCUT2D eigenvalue weighted by atomic mass is 10.1. The first-order valence-electron chi connectivity index (χ1n) is 26.0. The molecule has 82 heavy (non-hydrogen) atoms. The lowest BCUT2D eigenvalue weighted by Gasteiger charge is -2.32. The van der Waals surface area contributed by atoms with Crippen molar-refractivity contribution in [2.75, 3.05) is 118 Å². The van der Waals surface area contributed by atoms with E-state index in [1.165, 1.54) is 46.4 Å². The second kappa shape index (κ2) is 32.4. The van der Waals surface area contributed by atoms with Crippen molar-refractivity contribution in [1.82, 2.24) is 75.4 Å². The zero-order valence-corrected chi connectivity index (χ0v) is 46.0. The molecule has 0 bridgehead atoms. The largest absolute Gasteiger partial charge is 0.480 e. The Balaban J connectivity index is 1.07. The first kappa shape index (κ1) is 63.9. The summed E-state index contributed by atoms with van der Waals surface area (Å²) in [5.74, 6) is -6.39. The minimum Gasteiger partial charge on any atom is -0.480 e. The van der Waals surface area contributed by atoms with Gasteiger partial charge >= 0.3 is 29.8 Å². The standard InChI is InChI=1S/C50H69N17O15/c1-61(2)31-53-50-57-45-44(47(78)58-50)54-35(24-52-45)25-66(32-68)36-9-7-33(8-10-36)46(77)56-37(48(79)81-3)11-12-39(69)55-38(49(80)82-4)23-34-26-67(60-59-34)14-6-5-13-51-40(70)27-62-15-17-63(28-41(71)72)19-21-65(30-43(75)76)22-20-64(18-16-62)29-42(73)74/h7-10,24,26,31-32,37-38H,5-6,11-23,25,27-30H2,1-4H3,(H,51,70)(H,55,69)(H,56,77)(H,71,72)(H,73,74)(H,75,76)(H,52,57,58,78). The number of carbonyl (C=O) groups is 9. The van der Waals surface area contributed by atoms with E-state index in [0.717, 1.165) is 14.2 Å². The van der Waals surface area contributed by atoms with Crippen LogP contribution in [0.15, 0.2) is 46.4 Å². The normalized spacial score (nSPS) is 14.8. The molecule has 7 N–H and O–H groups in total. The number of nitrogens with zero attached hydrogens (tertiary/aromatic N) is 13. The number of benzene rings is 1. The van der Waals surface area contributed by atoms with Crippen molar-refractivity contribution in [3.63, 3.8) is 0 Å². The lowest BCUT2D eigenvalue weighted by molar-refractivity contribution is -0.145. The van der Waals surface area contributed by atoms with Gasteiger partial charge in [0.25, 0.3) is 11.5 Å². The molecule has 1 aliphatic rings. The van der Waals surface area contributed by atoms with E-state index in [1.807, 2.05) is 4.90 Å². The van der Waals surface area contributed by atoms with Gasteiger partial charge in [-0.15, -0.1) is 5.10 Å². The van der Waals surface area contributed by atoms with Crippen molar-refractivity contribution in [2.24, 2.45) is 4.99 Å². The maximum Gasteiger partial charge on any atom is 0.328 e. The summed E-state index contributed by atoms with van der Waals surface area (Å²) in [7, 11) is 5.76. The average molecular weight is 1150 g/mol. The van der Waals surface area contributed by atoms with Crippen molar-refractivity contribution >= 4 is 83.1 Å². The average Bonchev–Trinajstić information content (AvgIpc) is 4.06. The van der Waals surface area contributed by atoms with Crippen LogP contribution in [0.25, 0.3) is 11.2 Å². The third-order valence-electron chi connectivity index (χ3n) is 12.6. The van der Waals surface area contributed by atoms with Gasteiger partial charge in [-0.05, 0) is 43.5 Å². The summed E-state index contributed by atoms with van der Waals surface area (Å²) in [6.07, 6.45) is 5.38. The van der Waals surface area contributed by atoms with Gasteiger partial charge in [0.05, 0.1) is 70.9 Å². The smallest absolute Gasteiger partial charge is 0.328 e. The van der Waals surface area contributed by atoms with Crippen LogP contribution in [-0.4, -0.2) is 261 Å². The van der Waals surface area contributed by atoms with Crippen LogP contribution < -0.4 is 26.4 Å². The molecule has 4 amide bonds. The molecule has 444 valence electrons. The quantitative estimate of drug-likeness (QED) is 0.00937. The highest BCUT2D eigenvalue weighted by Gasteiger charge is 2.28. The molecular weight excluding hydrogens is 1080 g/mol. The van der Waals surface area contributed by atoms with Gasteiger partial charge in [0.2, 0.25) is 24.2 Å². The Kier molecular flexibility index (Phi) is 25.3. The van der Waals surface area contributed by atoms with E-state index in [-0.39, 0.29) is 126 Å². The van der Waals surface area contributed by atoms with Crippen molar-refractivity contribution in [2.45, 2.75) is 57.3 Å². The third kappa shape index (κ3) is 21.6. The van der Waals surface area contributed by atoms with Crippen molar-refractivity contribution < 1.29 is 67.9 Å². The van der Waals surface area contributed by atoms with Gasteiger partial charge in [0, 0.05) is 110 Å². The summed E-state index contributed by atoms with van der Waals surface area (Å²) in [6, 6.07) is 3.30. The van der Waals surface area contributed by atoms with E-state index >= 15 is 0 Å². The number of nitrogens with one attached hydrogen (secondary N) is 4. The molecule has 4 aromatic rings. The number of aliphatic imine (C=N–C) groups is 1. The molecule has 32 heteroatoms. The number of ether oxygens (including phenoxy) is 2. The van der Waals surface area contributed by atoms with E-state index in [2.05, 4.69) is 51.2 Å². The molecule has 1 aromatic carbocycles. The molecule has 2 atom stereocenters. The predicted octanol–water partition coefficient (Wildman–Crippen LogP) is -2.99. The summed E-state index contributed by atoms with van der Waals surface area (Å²) in [5, 5.41) is 44.7. The summed E-state index contributed by atoms with van der Waals surface area (Å²) in [4.78, 5) is 154. The van der Waals surface area contributed by atoms with Crippen molar-refractivity contribution in [3.05, 3.63) is 64.0 Å². The van der Waals surface area contributed by atoms with Crippen molar-refractivity contribution in [3.8, 4) is 0 Å². The van der Waals surface area contributed by atoms with Gasteiger partial charge in [0.1, 0.15) is 12.1 Å². The monoisotopic (exact) mass is 1150 g/mol. The topological polar surface area (TPSA) is 403 Å². The van der Waals surface area contributed by atoms with Gasteiger partial charge in [-0.1, -0.05) is 5.21 Å². The number of methoxy groups -OCH3 is 2.